The minimum absolute atomic E-state index is 0.0255. The fraction of sp³-hybridized carbons (Fsp3) is 0.483. The molecule has 1 aliphatic heterocycles. The number of nitrogens with zero attached hydrogens (tertiary/aromatic N) is 2. The standard InChI is InChI=1S/C29H40N6O6/c1-28(2,3)24(33-27(39)34-29(4,5)6)25(36)35-16-18(14-21(35)26(37)38)41-22-15-23(31-12-8-11-30)32-20-13-17(40-7)9-10-19(20)22/h8-13,15,18,21,24,30H,14,16H2,1-7H3,(H,31,32)(H,37,38)(H2,33,34,39)/p+1. The third-order valence-corrected chi connectivity index (χ3v) is 6.47. The molecule has 222 valence electrons. The number of nitrogens with one attached hydrogen (secondary N) is 3. The number of fused-ring (bicyclic) bond motifs is 1. The second-order valence-corrected chi connectivity index (χ2v) is 12.1. The molecule has 2 heterocycles. The first-order chi connectivity index (χ1) is 19.1. The number of allylic oxidation sites excluding steroid dienone is 1. The number of rotatable bonds is 9. The molecule has 1 fully saturated rings. The van der Waals surface area contributed by atoms with E-state index in [1.807, 2.05) is 47.6 Å². The van der Waals surface area contributed by atoms with Gasteiger partial charge in [0.05, 0.1) is 25.2 Å². The van der Waals surface area contributed by atoms with Crippen LogP contribution in [0.2, 0.25) is 0 Å². The van der Waals surface area contributed by atoms with Gasteiger partial charge in [-0.2, -0.15) is 4.98 Å². The number of methoxy groups -OCH3 is 1. The number of ether oxygens (including phenoxy) is 2. The molecule has 3 rings (SSSR count). The SMILES string of the molecule is COc1ccc2c(OC3CC(C(=O)O)N(C(=O)C(NC(=O)NC(C)(C)C)C(C)(C)C)C3)cc([NH2+]C=CC=N)nc2c1. The molecule has 1 aromatic heterocycles. The van der Waals surface area contributed by atoms with Gasteiger partial charge in [0.25, 0.3) is 0 Å². The van der Waals surface area contributed by atoms with Gasteiger partial charge in [0.2, 0.25) is 11.7 Å². The molecule has 3 amide bonds. The lowest BCUT2D eigenvalue weighted by molar-refractivity contribution is -0.500. The monoisotopic (exact) mass is 569 g/mol. The first-order valence-corrected chi connectivity index (χ1v) is 13.4. The summed E-state index contributed by atoms with van der Waals surface area (Å²) < 4.78 is 11.7. The fourth-order valence-electron chi connectivity index (χ4n) is 4.58. The lowest BCUT2D eigenvalue weighted by Crippen LogP contribution is -2.71. The van der Waals surface area contributed by atoms with Crippen LogP contribution in [0.1, 0.15) is 48.0 Å². The minimum atomic E-state index is -1.15. The van der Waals surface area contributed by atoms with Crippen LogP contribution in [-0.4, -0.2) is 76.5 Å². The van der Waals surface area contributed by atoms with Crippen LogP contribution in [0.4, 0.5) is 10.6 Å². The number of carboxylic acid groups (broad SMARTS) is 1. The van der Waals surface area contributed by atoms with E-state index in [4.69, 9.17) is 14.9 Å². The second-order valence-electron chi connectivity index (χ2n) is 12.1. The Morgan fingerprint density at radius 3 is 2.49 bits per heavy atom. The van der Waals surface area contributed by atoms with E-state index in [0.717, 1.165) is 6.21 Å². The Bertz CT molecular complexity index is 1330. The average Bonchev–Trinajstić information content (AvgIpc) is 3.29. The zero-order chi connectivity index (χ0) is 30.5. The minimum Gasteiger partial charge on any atom is -0.497 e. The van der Waals surface area contributed by atoms with Crippen molar-refractivity contribution in [3.63, 3.8) is 0 Å². The molecular formula is C29H41N6O6+. The highest BCUT2D eigenvalue weighted by molar-refractivity contribution is 5.91. The lowest BCUT2D eigenvalue weighted by Gasteiger charge is -2.35. The summed E-state index contributed by atoms with van der Waals surface area (Å²) in [7, 11) is 1.56. The number of aromatic nitrogens is 1. The maximum Gasteiger partial charge on any atom is 0.326 e. The van der Waals surface area contributed by atoms with E-state index < -0.39 is 47.0 Å². The van der Waals surface area contributed by atoms with Crippen LogP contribution in [-0.2, 0) is 9.59 Å². The molecule has 12 heteroatoms. The van der Waals surface area contributed by atoms with Crippen molar-refractivity contribution in [2.75, 3.05) is 13.7 Å². The van der Waals surface area contributed by atoms with E-state index in [-0.39, 0.29) is 13.0 Å². The van der Waals surface area contributed by atoms with Crippen LogP contribution in [0, 0.1) is 10.8 Å². The molecule has 1 aromatic carbocycles. The average molecular weight is 570 g/mol. The summed E-state index contributed by atoms with van der Waals surface area (Å²) in [5.74, 6) is 0.0246. The predicted molar refractivity (Wildman–Crippen MR) is 155 cm³/mol. The van der Waals surface area contributed by atoms with Gasteiger partial charge in [-0.1, -0.05) is 20.8 Å². The first kappa shape index (κ1) is 31.3. The van der Waals surface area contributed by atoms with E-state index in [0.29, 0.717) is 28.2 Å². The van der Waals surface area contributed by atoms with E-state index in [2.05, 4.69) is 15.6 Å². The molecule has 6 N–H and O–H groups in total. The Hall–Kier alpha value is -4.19. The van der Waals surface area contributed by atoms with Crippen molar-refractivity contribution in [3.8, 4) is 11.5 Å². The van der Waals surface area contributed by atoms with Crippen LogP contribution in [0.3, 0.4) is 0 Å². The van der Waals surface area contributed by atoms with Gasteiger partial charge < -0.3 is 35.5 Å². The van der Waals surface area contributed by atoms with Crippen molar-refractivity contribution in [3.05, 3.63) is 36.5 Å². The quantitative estimate of drug-likeness (QED) is 0.289. The van der Waals surface area contributed by atoms with E-state index in [9.17, 15) is 19.5 Å². The molecule has 2 aromatic rings. The Morgan fingerprint density at radius 2 is 1.90 bits per heavy atom. The number of amides is 3. The molecule has 0 saturated carbocycles. The van der Waals surface area contributed by atoms with Gasteiger partial charge in [0.15, 0.2) is 0 Å². The topological polar surface area (TPSA) is 171 Å². The summed E-state index contributed by atoms with van der Waals surface area (Å²) in [4.78, 5) is 44.7. The van der Waals surface area contributed by atoms with Gasteiger partial charge in [-0.25, -0.2) is 9.59 Å². The van der Waals surface area contributed by atoms with Crippen molar-refractivity contribution in [2.24, 2.45) is 5.41 Å². The van der Waals surface area contributed by atoms with Crippen molar-refractivity contribution in [1.82, 2.24) is 20.5 Å². The lowest BCUT2D eigenvalue weighted by atomic mass is 9.85. The molecule has 3 unspecified atom stereocenters. The van der Waals surface area contributed by atoms with E-state index >= 15 is 0 Å². The number of quaternary nitrogens is 1. The Labute approximate surface area is 240 Å². The maximum absolute atomic E-state index is 13.8. The number of carbonyl (C=O) groups excluding carboxylic acids is 2. The summed E-state index contributed by atoms with van der Waals surface area (Å²) in [5.41, 5.74) is -0.600. The largest absolute Gasteiger partial charge is 0.497 e. The van der Waals surface area contributed by atoms with Crippen molar-refractivity contribution < 1.29 is 34.3 Å². The third kappa shape index (κ3) is 8.16. The normalized spacial score (nSPS) is 18.3. The number of hydrogen-bond acceptors (Lipinski definition) is 7. The number of carboxylic acids is 1. The second kappa shape index (κ2) is 12.5. The number of hydrogen-bond donors (Lipinski definition) is 5. The van der Waals surface area contributed by atoms with Crippen LogP contribution in [0.5, 0.6) is 11.5 Å². The number of urea groups is 1. The number of pyridine rings is 1. The van der Waals surface area contributed by atoms with Gasteiger partial charge in [-0.3, -0.25) is 10.1 Å². The molecule has 1 aliphatic rings. The fourth-order valence-corrected chi connectivity index (χ4v) is 4.58. The number of nitrogens with two attached hydrogens (primary N) is 1. The molecule has 0 radical (unpaired) electrons. The van der Waals surface area contributed by atoms with Gasteiger partial charge in [-0.15, -0.1) is 0 Å². The van der Waals surface area contributed by atoms with Crippen molar-refractivity contribution >= 4 is 40.8 Å². The molecule has 0 aliphatic carbocycles. The maximum atomic E-state index is 13.8. The molecule has 3 atom stereocenters. The summed E-state index contributed by atoms with van der Waals surface area (Å²) >= 11 is 0. The van der Waals surface area contributed by atoms with Crippen LogP contribution >= 0.6 is 0 Å². The zero-order valence-electron chi connectivity index (χ0n) is 24.6. The first-order valence-electron chi connectivity index (χ1n) is 13.4. The van der Waals surface area contributed by atoms with Gasteiger partial charge in [0, 0.05) is 35.7 Å². The summed E-state index contributed by atoms with van der Waals surface area (Å²) in [6.07, 6.45) is 3.83. The van der Waals surface area contributed by atoms with Crippen molar-refractivity contribution in [1.29, 1.82) is 5.41 Å². The molecule has 1 saturated heterocycles. The molecule has 41 heavy (non-hydrogen) atoms. The highest BCUT2D eigenvalue weighted by atomic mass is 16.5. The molecule has 0 bridgehead atoms. The molecule has 0 spiro atoms. The van der Waals surface area contributed by atoms with Crippen LogP contribution in [0.15, 0.2) is 36.5 Å². The Morgan fingerprint density at radius 1 is 1.20 bits per heavy atom. The van der Waals surface area contributed by atoms with Crippen molar-refractivity contribution in [2.45, 2.75) is 71.7 Å². The predicted octanol–water partition coefficient (Wildman–Crippen LogP) is 2.55. The highest BCUT2D eigenvalue weighted by Gasteiger charge is 2.46. The Balaban J connectivity index is 1.91. The highest BCUT2D eigenvalue weighted by Crippen LogP contribution is 2.33. The third-order valence-electron chi connectivity index (χ3n) is 6.47. The number of carbonyl (C=O) groups is 3. The van der Waals surface area contributed by atoms with E-state index in [1.165, 1.54) is 4.90 Å². The smallest absolute Gasteiger partial charge is 0.326 e. The summed E-state index contributed by atoms with van der Waals surface area (Å²) in [6.45, 7) is 11.0. The summed E-state index contributed by atoms with van der Waals surface area (Å²) in [5, 5.41) is 25.2. The van der Waals surface area contributed by atoms with Crippen LogP contribution < -0.4 is 25.4 Å². The van der Waals surface area contributed by atoms with Gasteiger partial charge in [0.1, 0.15) is 35.9 Å². The number of likely N-dealkylation sites (tertiary alicyclic amines) is 1. The number of benzene rings is 1. The Kier molecular flexibility index (Phi) is 9.59. The summed E-state index contributed by atoms with van der Waals surface area (Å²) in [6, 6.07) is 4.49. The molecular weight excluding hydrogens is 528 g/mol. The van der Waals surface area contributed by atoms with E-state index in [1.54, 1.807) is 42.9 Å². The van der Waals surface area contributed by atoms with Crippen LogP contribution in [0.25, 0.3) is 10.9 Å². The molecule has 12 nitrogen and oxygen atoms in total. The number of aliphatic carboxylic acids is 1. The van der Waals surface area contributed by atoms with Gasteiger partial charge >= 0.3 is 12.0 Å². The van der Waals surface area contributed by atoms with Gasteiger partial charge in [-0.05, 0) is 38.3 Å². The zero-order valence-corrected chi connectivity index (χ0v) is 24.6.